The van der Waals surface area contributed by atoms with Crippen LogP contribution in [0.15, 0.2) is 48.7 Å². The van der Waals surface area contributed by atoms with Gasteiger partial charge < -0.3 is 10.5 Å². The van der Waals surface area contributed by atoms with Gasteiger partial charge in [-0.15, -0.1) is 0 Å². The van der Waals surface area contributed by atoms with Gasteiger partial charge in [-0.2, -0.15) is 13.5 Å². The Morgan fingerprint density at radius 3 is 2.75 bits per heavy atom. The summed E-state index contributed by atoms with van der Waals surface area (Å²) < 4.78 is 27.9. The van der Waals surface area contributed by atoms with E-state index >= 15 is 0 Å². The number of fused-ring (bicyclic) bond motifs is 1. The van der Waals surface area contributed by atoms with E-state index in [2.05, 4.69) is 10.3 Å². The number of pyridine rings is 1. The van der Waals surface area contributed by atoms with Crippen molar-refractivity contribution in [2.45, 2.75) is 13.0 Å². The Kier molecular flexibility index (Phi) is 4.37. The van der Waals surface area contributed by atoms with Crippen LogP contribution in [0.1, 0.15) is 22.9 Å². The summed E-state index contributed by atoms with van der Waals surface area (Å²) in [5.41, 5.74) is 0.758. The molecule has 0 unspecified atom stereocenters. The molecule has 6 nitrogen and oxygen atoms in total. The van der Waals surface area contributed by atoms with Crippen molar-refractivity contribution in [1.29, 1.82) is 0 Å². The smallest absolute Gasteiger partial charge is 0.320 e. The highest BCUT2D eigenvalue weighted by Gasteiger charge is 2.18. The summed E-state index contributed by atoms with van der Waals surface area (Å²) >= 11 is 0. The van der Waals surface area contributed by atoms with Gasteiger partial charge in [-0.25, -0.2) is 4.98 Å². The fraction of sp³-hybridized carbons (Fsp3) is 0.188. The molecule has 8 heteroatoms. The first-order chi connectivity index (χ1) is 11.6. The zero-order chi connectivity index (χ0) is 17.1. The lowest BCUT2D eigenvalue weighted by Crippen LogP contribution is -2.39. The molecule has 3 aromatic rings. The Bertz CT molecular complexity index is 879. The first-order valence-electron chi connectivity index (χ1n) is 7.28. The molecule has 0 aliphatic carbocycles. The minimum absolute atomic E-state index is 0.0557. The van der Waals surface area contributed by atoms with Gasteiger partial charge in [0.05, 0.1) is 11.0 Å². The SMILES string of the molecule is O=C(NCCc1nc2ccccc2n1C(F)F)c1cccc[n+]1[O-]. The molecule has 1 amide bonds. The van der Waals surface area contributed by atoms with Crippen molar-refractivity contribution in [3.05, 3.63) is 65.4 Å². The Morgan fingerprint density at radius 1 is 1.25 bits per heavy atom. The van der Waals surface area contributed by atoms with E-state index in [0.717, 1.165) is 4.57 Å². The Balaban J connectivity index is 1.73. The number of hydrogen-bond acceptors (Lipinski definition) is 3. The molecule has 1 aromatic carbocycles. The number of carbonyl (C=O) groups excluding carboxylic acids is 1. The van der Waals surface area contributed by atoms with Crippen molar-refractivity contribution in [3.63, 3.8) is 0 Å². The number of amides is 1. The van der Waals surface area contributed by atoms with Crippen molar-refractivity contribution in [2.75, 3.05) is 6.54 Å². The second-order valence-electron chi connectivity index (χ2n) is 5.08. The van der Waals surface area contributed by atoms with Crippen LogP contribution in [0.5, 0.6) is 0 Å². The molecule has 24 heavy (non-hydrogen) atoms. The number of alkyl halides is 2. The minimum Gasteiger partial charge on any atom is -0.618 e. The van der Waals surface area contributed by atoms with Gasteiger partial charge in [-0.05, 0) is 18.2 Å². The Hall–Kier alpha value is -3.03. The van der Waals surface area contributed by atoms with Crippen molar-refractivity contribution in [3.8, 4) is 0 Å². The number of hydrogen-bond donors (Lipinski definition) is 1. The molecule has 1 N–H and O–H groups in total. The summed E-state index contributed by atoms with van der Waals surface area (Å²) in [6, 6.07) is 11.1. The average Bonchev–Trinajstić information content (AvgIpc) is 2.93. The maximum Gasteiger partial charge on any atom is 0.320 e. The number of aromatic nitrogens is 3. The number of rotatable bonds is 5. The molecule has 2 heterocycles. The molecule has 0 atom stereocenters. The van der Waals surface area contributed by atoms with Crippen LogP contribution in [-0.4, -0.2) is 22.0 Å². The molecule has 0 aliphatic heterocycles. The van der Waals surface area contributed by atoms with Crippen molar-refractivity contribution < 1.29 is 18.3 Å². The van der Waals surface area contributed by atoms with Crippen LogP contribution < -0.4 is 10.0 Å². The second-order valence-corrected chi connectivity index (χ2v) is 5.08. The molecular formula is C16H14F2N4O2. The molecular weight excluding hydrogens is 318 g/mol. The lowest BCUT2D eigenvalue weighted by molar-refractivity contribution is -0.607. The number of halogens is 2. The molecule has 124 valence electrons. The van der Waals surface area contributed by atoms with Gasteiger partial charge in [-0.1, -0.05) is 12.1 Å². The molecule has 0 saturated carbocycles. The quantitative estimate of drug-likeness (QED) is 0.574. The van der Waals surface area contributed by atoms with Gasteiger partial charge >= 0.3 is 12.5 Å². The molecule has 2 aromatic heterocycles. The molecule has 0 aliphatic rings. The number of benzene rings is 1. The van der Waals surface area contributed by atoms with Crippen molar-refractivity contribution >= 4 is 16.9 Å². The highest BCUT2D eigenvalue weighted by molar-refractivity contribution is 5.90. The van der Waals surface area contributed by atoms with Crippen LogP contribution in [0.3, 0.4) is 0 Å². The molecule has 0 spiro atoms. The highest BCUT2D eigenvalue weighted by Crippen LogP contribution is 2.23. The largest absolute Gasteiger partial charge is 0.618 e. The standard InChI is InChI=1S/C16H14F2N4O2/c17-16(18)22-12-6-2-1-5-11(12)20-14(22)8-9-19-15(23)13-7-3-4-10-21(13)24/h1-7,10,16H,8-9H2,(H,19,23). The number of nitrogens with zero attached hydrogens (tertiary/aromatic N) is 3. The van der Waals surface area contributed by atoms with Gasteiger partial charge in [0.25, 0.3) is 5.69 Å². The monoisotopic (exact) mass is 332 g/mol. The summed E-state index contributed by atoms with van der Waals surface area (Å²) in [5.74, 6) is -0.389. The summed E-state index contributed by atoms with van der Waals surface area (Å²) in [5, 5.41) is 14.0. The van der Waals surface area contributed by atoms with Crippen LogP contribution in [-0.2, 0) is 6.42 Å². The van der Waals surface area contributed by atoms with E-state index in [4.69, 9.17) is 0 Å². The third kappa shape index (κ3) is 3.03. The van der Waals surface area contributed by atoms with E-state index in [-0.39, 0.29) is 24.5 Å². The topological polar surface area (TPSA) is 73.9 Å². The van der Waals surface area contributed by atoms with E-state index in [1.54, 1.807) is 30.3 Å². The van der Waals surface area contributed by atoms with E-state index in [0.29, 0.717) is 15.8 Å². The molecule has 0 bridgehead atoms. The Morgan fingerprint density at radius 2 is 2.00 bits per heavy atom. The van der Waals surface area contributed by atoms with Crippen LogP contribution in [0.4, 0.5) is 8.78 Å². The van der Waals surface area contributed by atoms with Crippen LogP contribution in [0, 0.1) is 5.21 Å². The average molecular weight is 332 g/mol. The maximum atomic E-state index is 13.3. The summed E-state index contributed by atoms with van der Waals surface area (Å²) in [4.78, 5) is 16.1. The summed E-state index contributed by atoms with van der Waals surface area (Å²) in [6.07, 6.45) is 1.33. The third-order valence-corrected chi connectivity index (χ3v) is 3.55. The fourth-order valence-electron chi connectivity index (χ4n) is 2.47. The van der Waals surface area contributed by atoms with Crippen LogP contribution >= 0.6 is 0 Å². The molecule has 0 fully saturated rings. The van der Waals surface area contributed by atoms with Crippen LogP contribution in [0.2, 0.25) is 0 Å². The van der Waals surface area contributed by atoms with Gasteiger partial charge in [0.1, 0.15) is 5.82 Å². The van der Waals surface area contributed by atoms with E-state index < -0.39 is 12.5 Å². The number of carbonyl (C=O) groups is 1. The first-order valence-corrected chi connectivity index (χ1v) is 7.28. The van der Waals surface area contributed by atoms with Gasteiger partial charge in [-0.3, -0.25) is 9.36 Å². The molecule has 3 rings (SSSR count). The van der Waals surface area contributed by atoms with E-state index in [1.165, 1.54) is 18.3 Å². The normalized spacial score (nSPS) is 11.1. The predicted molar refractivity (Wildman–Crippen MR) is 82.4 cm³/mol. The van der Waals surface area contributed by atoms with Gasteiger partial charge in [0, 0.05) is 25.1 Å². The maximum absolute atomic E-state index is 13.3. The third-order valence-electron chi connectivity index (χ3n) is 3.55. The molecule has 0 radical (unpaired) electrons. The Labute approximate surface area is 135 Å². The zero-order valence-electron chi connectivity index (χ0n) is 12.5. The number of para-hydroxylation sites is 2. The molecule has 0 saturated heterocycles. The van der Waals surface area contributed by atoms with Crippen LogP contribution in [0.25, 0.3) is 11.0 Å². The number of nitrogens with one attached hydrogen (secondary N) is 1. The fourth-order valence-corrected chi connectivity index (χ4v) is 2.47. The lowest BCUT2D eigenvalue weighted by Gasteiger charge is -2.08. The summed E-state index contributed by atoms with van der Waals surface area (Å²) in [7, 11) is 0. The first kappa shape index (κ1) is 15.9. The van der Waals surface area contributed by atoms with Crippen molar-refractivity contribution in [2.24, 2.45) is 0 Å². The van der Waals surface area contributed by atoms with Gasteiger partial charge in [0.2, 0.25) is 0 Å². The van der Waals surface area contributed by atoms with Crippen molar-refractivity contribution in [1.82, 2.24) is 14.9 Å². The summed E-state index contributed by atoms with van der Waals surface area (Å²) in [6.45, 7) is -2.63. The highest BCUT2D eigenvalue weighted by atomic mass is 19.3. The zero-order valence-corrected chi connectivity index (χ0v) is 12.5. The van der Waals surface area contributed by atoms with E-state index in [1.807, 2.05) is 0 Å². The van der Waals surface area contributed by atoms with Gasteiger partial charge in [0.15, 0.2) is 6.20 Å². The second kappa shape index (κ2) is 6.61. The number of imidazole rings is 1. The van der Waals surface area contributed by atoms with E-state index in [9.17, 15) is 18.8 Å². The lowest BCUT2D eigenvalue weighted by atomic mass is 10.3. The minimum atomic E-state index is -2.72. The predicted octanol–water partition coefficient (Wildman–Crippen LogP) is 2.04.